The van der Waals surface area contributed by atoms with Crippen molar-refractivity contribution in [2.75, 3.05) is 13.1 Å². The van der Waals surface area contributed by atoms with Gasteiger partial charge < -0.3 is 4.90 Å². The Balaban J connectivity index is 2.56. The fourth-order valence-corrected chi connectivity index (χ4v) is 1.65. The van der Waals surface area contributed by atoms with Gasteiger partial charge in [0.1, 0.15) is 0 Å². The second kappa shape index (κ2) is 4.73. The summed E-state index contributed by atoms with van der Waals surface area (Å²) in [7, 11) is 0. The van der Waals surface area contributed by atoms with E-state index in [4.69, 9.17) is 0 Å². The van der Waals surface area contributed by atoms with E-state index in [1.165, 1.54) is 0 Å². The first-order valence-corrected chi connectivity index (χ1v) is 4.86. The molecule has 1 rings (SSSR count). The summed E-state index contributed by atoms with van der Waals surface area (Å²) in [6, 6.07) is 0. The minimum absolute atomic E-state index is 0.359. The van der Waals surface area contributed by atoms with E-state index in [0.717, 1.165) is 0 Å². The van der Waals surface area contributed by atoms with Gasteiger partial charge >= 0.3 is 12.4 Å². The van der Waals surface area contributed by atoms with Gasteiger partial charge in [0.15, 0.2) is 5.95 Å². The number of nitrogens with zero attached hydrogens (tertiary/aromatic N) is 1. The molecule has 1 aliphatic rings. The second-order valence-electron chi connectivity index (χ2n) is 3.81. The van der Waals surface area contributed by atoms with Crippen LogP contribution in [0.5, 0.6) is 0 Å². The molecule has 0 saturated carbocycles. The maximum absolute atomic E-state index is 13.0. The predicted octanol–water partition coefficient (Wildman–Crippen LogP) is 3.63. The summed E-state index contributed by atoms with van der Waals surface area (Å²) in [6.45, 7) is -0.717. The highest BCUT2D eigenvalue weighted by Gasteiger charge is 2.41. The molecule has 1 saturated heterocycles. The van der Waals surface area contributed by atoms with Crippen LogP contribution in [0.1, 0.15) is 12.8 Å². The maximum atomic E-state index is 13.0. The third kappa shape index (κ3) is 4.43. The Kier molecular flexibility index (Phi) is 3.93. The largest absolute Gasteiger partial charge is 0.414 e. The minimum atomic E-state index is -4.80. The van der Waals surface area contributed by atoms with Crippen LogP contribution in [0, 0.1) is 5.92 Å². The Morgan fingerprint density at radius 3 is 1.82 bits per heavy atom. The van der Waals surface area contributed by atoms with E-state index >= 15 is 0 Å². The molecule has 0 N–H and O–H groups in total. The van der Waals surface area contributed by atoms with Gasteiger partial charge in [-0.1, -0.05) is 0 Å². The molecule has 0 aromatic rings. The minimum Gasteiger partial charge on any atom is -0.349 e. The number of likely N-dealkylation sites (tertiary alicyclic amines) is 1. The van der Waals surface area contributed by atoms with Gasteiger partial charge in [0.2, 0.25) is 0 Å². The molecule has 0 aromatic heterocycles. The predicted molar refractivity (Wildman–Crippen MR) is 45.6 cm³/mol. The highest BCUT2D eigenvalue weighted by atomic mass is 19.4. The molecule has 1 aliphatic heterocycles. The first-order chi connectivity index (χ1) is 7.59. The molecule has 0 aliphatic carbocycles. The summed E-state index contributed by atoms with van der Waals surface area (Å²) in [4.78, 5) is 0.676. The second-order valence-corrected chi connectivity index (χ2v) is 3.81. The molecule has 0 amide bonds. The van der Waals surface area contributed by atoms with Crippen molar-refractivity contribution in [1.29, 1.82) is 0 Å². The molecule has 0 radical (unpaired) electrons. The summed E-state index contributed by atoms with van der Waals surface area (Å²) in [5.41, 5.74) is 0. The van der Waals surface area contributed by atoms with Crippen molar-refractivity contribution in [2.24, 2.45) is 5.92 Å². The first-order valence-electron chi connectivity index (χ1n) is 4.86. The van der Waals surface area contributed by atoms with E-state index < -0.39 is 30.3 Å². The molecule has 0 spiro atoms. The van der Waals surface area contributed by atoms with E-state index in [1.54, 1.807) is 0 Å². The molecule has 0 aromatic carbocycles. The average molecular weight is 265 g/mol. The molecule has 0 bridgehead atoms. The number of halogens is 7. The first kappa shape index (κ1) is 14.1. The van der Waals surface area contributed by atoms with Crippen LogP contribution in [0.4, 0.5) is 30.7 Å². The number of piperidine rings is 1. The molecule has 1 heterocycles. The van der Waals surface area contributed by atoms with Crippen LogP contribution in [0.15, 0.2) is 12.0 Å². The number of rotatable bonds is 1. The molecule has 0 atom stereocenters. The summed E-state index contributed by atoms with van der Waals surface area (Å²) >= 11 is 0. The summed E-state index contributed by atoms with van der Waals surface area (Å²) < 4.78 is 85.1. The standard InChI is InChI=1S/C9H10F7N/c10-7(5-8(11,12)13)17-3-1-6(2-4-17)9(14,15)16/h5-6H,1-4H2. The van der Waals surface area contributed by atoms with Gasteiger partial charge in [-0.3, -0.25) is 0 Å². The smallest absolute Gasteiger partial charge is 0.349 e. The Hall–Kier alpha value is -0.950. The van der Waals surface area contributed by atoms with E-state index in [-0.39, 0.29) is 25.9 Å². The van der Waals surface area contributed by atoms with E-state index in [9.17, 15) is 30.7 Å². The quantitative estimate of drug-likeness (QED) is 0.517. The van der Waals surface area contributed by atoms with Gasteiger partial charge in [-0.15, -0.1) is 0 Å². The highest BCUT2D eigenvalue weighted by Crippen LogP contribution is 2.35. The zero-order chi connectivity index (χ0) is 13.3. The number of alkyl halides is 6. The van der Waals surface area contributed by atoms with Crippen LogP contribution in [-0.2, 0) is 0 Å². The topological polar surface area (TPSA) is 3.24 Å². The molecule has 100 valence electrons. The summed E-state index contributed by atoms with van der Waals surface area (Å²) in [5, 5.41) is 0. The van der Waals surface area contributed by atoms with Gasteiger partial charge in [-0.2, -0.15) is 30.7 Å². The number of hydrogen-bond acceptors (Lipinski definition) is 1. The van der Waals surface area contributed by atoms with Gasteiger partial charge in [-0.05, 0) is 12.8 Å². The third-order valence-electron chi connectivity index (χ3n) is 2.54. The SMILES string of the molecule is FC(=CC(F)(F)F)N1CCC(C(F)(F)F)CC1. The van der Waals surface area contributed by atoms with Crippen molar-refractivity contribution < 1.29 is 30.7 Å². The van der Waals surface area contributed by atoms with E-state index in [1.807, 2.05) is 0 Å². The van der Waals surface area contributed by atoms with Gasteiger partial charge in [0, 0.05) is 13.1 Å². The zero-order valence-corrected chi connectivity index (χ0v) is 8.58. The number of allylic oxidation sites excluding steroid dienone is 1. The summed E-state index contributed by atoms with van der Waals surface area (Å²) in [5.74, 6) is -3.09. The monoisotopic (exact) mass is 265 g/mol. The summed E-state index contributed by atoms with van der Waals surface area (Å²) in [6.07, 6.45) is -10.5. The van der Waals surface area contributed by atoms with Crippen molar-refractivity contribution in [1.82, 2.24) is 4.90 Å². The van der Waals surface area contributed by atoms with Crippen LogP contribution in [0.25, 0.3) is 0 Å². The van der Waals surface area contributed by atoms with Crippen LogP contribution in [0.3, 0.4) is 0 Å². The Morgan fingerprint density at radius 1 is 1.00 bits per heavy atom. The Bertz CT molecular complexity index is 283. The van der Waals surface area contributed by atoms with Crippen molar-refractivity contribution in [3.05, 3.63) is 12.0 Å². The zero-order valence-electron chi connectivity index (χ0n) is 8.58. The lowest BCUT2D eigenvalue weighted by atomic mass is 9.96. The molecular formula is C9H10F7N. The normalized spacial score (nSPS) is 20.9. The third-order valence-corrected chi connectivity index (χ3v) is 2.54. The maximum Gasteiger partial charge on any atom is 0.414 e. The van der Waals surface area contributed by atoms with Crippen molar-refractivity contribution >= 4 is 0 Å². The Morgan fingerprint density at radius 2 is 1.47 bits per heavy atom. The average Bonchev–Trinajstić information content (AvgIpc) is 2.14. The lowest BCUT2D eigenvalue weighted by Crippen LogP contribution is -2.38. The highest BCUT2D eigenvalue weighted by molar-refractivity contribution is 4.98. The fourth-order valence-electron chi connectivity index (χ4n) is 1.65. The van der Waals surface area contributed by atoms with Crippen LogP contribution in [-0.4, -0.2) is 30.3 Å². The van der Waals surface area contributed by atoms with Gasteiger partial charge in [0.25, 0.3) is 0 Å². The van der Waals surface area contributed by atoms with Crippen LogP contribution >= 0.6 is 0 Å². The van der Waals surface area contributed by atoms with Crippen LogP contribution < -0.4 is 0 Å². The molecule has 17 heavy (non-hydrogen) atoms. The lowest BCUT2D eigenvalue weighted by Gasteiger charge is -2.33. The lowest BCUT2D eigenvalue weighted by molar-refractivity contribution is -0.184. The van der Waals surface area contributed by atoms with Crippen molar-refractivity contribution in [2.45, 2.75) is 25.2 Å². The molecular weight excluding hydrogens is 255 g/mol. The molecule has 1 fully saturated rings. The molecule has 1 nitrogen and oxygen atoms in total. The van der Waals surface area contributed by atoms with Crippen molar-refractivity contribution in [3.8, 4) is 0 Å². The van der Waals surface area contributed by atoms with E-state index in [0.29, 0.717) is 4.90 Å². The fraction of sp³-hybridized carbons (Fsp3) is 0.778. The van der Waals surface area contributed by atoms with Crippen molar-refractivity contribution in [3.63, 3.8) is 0 Å². The Labute approximate surface area is 92.9 Å². The van der Waals surface area contributed by atoms with Gasteiger partial charge in [-0.25, -0.2) is 0 Å². The number of hydrogen-bond donors (Lipinski definition) is 0. The van der Waals surface area contributed by atoms with Crippen LogP contribution in [0.2, 0.25) is 0 Å². The van der Waals surface area contributed by atoms with E-state index in [2.05, 4.69) is 0 Å². The molecule has 0 unspecified atom stereocenters. The van der Waals surface area contributed by atoms with Gasteiger partial charge in [0.05, 0.1) is 12.0 Å². The molecule has 8 heteroatoms.